The number of benzene rings is 1. The van der Waals surface area contributed by atoms with E-state index < -0.39 is 0 Å². The Bertz CT molecular complexity index is 437. The highest BCUT2D eigenvalue weighted by atomic mass is 35.5. The molecule has 0 fully saturated rings. The zero-order valence-electron chi connectivity index (χ0n) is 7.42. The van der Waals surface area contributed by atoms with Crippen LogP contribution in [0.5, 0.6) is 0 Å². The molecule has 2 rings (SSSR count). The fourth-order valence-corrected chi connectivity index (χ4v) is 1.62. The van der Waals surface area contributed by atoms with Gasteiger partial charge in [-0.1, -0.05) is 36.7 Å². The molecule has 0 N–H and O–H groups in total. The van der Waals surface area contributed by atoms with Gasteiger partial charge in [-0.25, -0.2) is 4.98 Å². The van der Waals surface area contributed by atoms with Crippen molar-refractivity contribution < 1.29 is 0 Å². The van der Waals surface area contributed by atoms with Crippen LogP contribution >= 0.6 is 11.6 Å². The van der Waals surface area contributed by atoms with Crippen molar-refractivity contribution in [2.24, 2.45) is 0 Å². The summed E-state index contributed by atoms with van der Waals surface area (Å²) in [4.78, 5) is 4.31. The molecular weight excluding hydrogens is 182 g/mol. The van der Waals surface area contributed by atoms with Gasteiger partial charge in [-0.3, -0.25) is 0 Å². The second-order valence-electron chi connectivity index (χ2n) is 2.98. The highest BCUT2D eigenvalue weighted by Crippen LogP contribution is 2.19. The first kappa shape index (κ1) is 8.52. The molecule has 0 atom stereocenters. The Morgan fingerprint density at radius 2 is 2.08 bits per heavy atom. The maximum atomic E-state index is 5.84. The van der Waals surface area contributed by atoms with Gasteiger partial charge < -0.3 is 0 Å². The molecule has 0 saturated carbocycles. The van der Waals surface area contributed by atoms with Crippen LogP contribution in [0.15, 0.2) is 30.3 Å². The third kappa shape index (κ3) is 1.52. The monoisotopic (exact) mass is 191 g/mol. The second kappa shape index (κ2) is 3.35. The van der Waals surface area contributed by atoms with Crippen molar-refractivity contribution in [3.05, 3.63) is 41.0 Å². The van der Waals surface area contributed by atoms with E-state index in [4.69, 9.17) is 11.6 Å². The third-order valence-corrected chi connectivity index (χ3v) is 2.36. The third-order valence-electron chi connectivity index (χ3n) is 2.15. The maximum absolute atomic E-state index is 5.84. The van der Waals surface area contributed by atoms with E-state index in [0.29, 0.717) is 5.15 Å². The van der Waals surface area contributed by atoms with Crippen molar-refractivity contribution in [2.45, 2.75) is 13.3 Å². The minimum atomic E-state index is 0.563. The lowest BCUT2D eigenvalue weighted by Crippen LogP contribution is -1.86. The zero-order valence-corrected chi connectivity index (χ0v) is 8.17. The predicted molar refractivity (Wildman–Crippen MR) is 56.1 cm³/mol. The van der Waals surface area contributed by atoms with E-state index in [2.05, 4.69) is 30.1 Å². The van der Waals surface area contributed by atoms with Crippen molar-refractivity contribution in [1.29, 1.82) is 0 Å². The number of hydrogen-bond donors (Lipinski definition) is 0. The number of aryl methyl sites for hydroxylation is 1. The molecule has 0 aliphatic heterocycles. The Balaban J connectivity index is 2.79. The molecule has 1 aromatic carbocycles. The molecule has 1 nitrogen and oxygen atoms in total. The first-order valence-electron chi connectivity index (χ1n) is 4.35. The summed E-state index contributed by atoms with van der Waals surface area (Å²) in [5.41, 5.74) is 2.28. The van der Waals surface area contributed by atoms with Crippen LogP contribution in [0, 0.1) is 0 Å². The molecule has 0 bridgehead atoms. The Morgan fingerprint density at radius 1 is 1.23 bits per heavy atom. The quantitative estimate of drug-likeness (QED) is 0.630. The summed E-state index contributed by atoms with van der Waals surface area (Å²) in [6.07, 6.45) is 0.991. The smallest absolute Gasteiger partial charge is 0.129 e. The summed E-state index contributed by atoms with van der Waals surface area (Å²) in [7, 11) is 0. The lowest BCUT2D eigenvalue weighted by atomic mass is 10.1. The van der Waals surface area contributed by atoms with Gasteiger partial charge in [0.15, 0.2) is 0 Å². The van der Waals surface area contributed by atoms with Gasteiger partial charge in [0.2, 0.25) is 0 Å². The van der Waals surface area contributed by atoms with Crippen LogP contribution in [0.25, 0.3) is 10.9 Å². The fraction of sp³-hybridized carbons (Fsp3) is 0.182. The van der Waals surface area contributed by atoms with Gasteiger partial charge in [-0.2, -0.15) is 0 Å². The van der Waals surface area contributed by atoms with Crippen molar-refractivity contribution in [1.82, 2.24) is 4.98 Å². The topological polar surface area (TPSA) is 12.9 Å². The normalized spacial score (nSPS) is 10.6. The molecule has 0 aliphatic carbocycles. The van der Waals surface area contributed by atoms with Crippen LogP contribution in [0.1, 0.15) is 12.5 Å². The van der Waals surface area contributed by atoms with Crippen LogP contribution in [0.3, 0.4) is 0 Å². The summed E-state index contributed by atoms with van der Waals surface area (Å²) in [6, 6.07) is 10.0. The number of nitrogens with zero attached hydrogens (tertiary/aromatic N) is 1. The number of halogens is 1. The molecule has 0 unspecified atom stereocenters. The number of aromatic nitrogens is 1. The predicted octanol–water partition coefficient (Wildman–Crippen LogP) is 3.45. The van der Waals surface area contributed by atoms with Gasteiger partial charge in [0, 0.05) is 5.39 Å². The molecule has 0 spiro atoms. The molecule has 2 aromatic rings. The average Bonchev–Trinajstić information content (AvgIpc) is 2.17. The Morgan fingerprint density at radius 3 is 2.85 bits per heavy atom. The van der Waals surface area contributed by atoms with Crippen molar-refractivity contribution in [3.63, 3.8) is 0 Å². The largest absolute Gasteiger partial charge is 0.236 e. The molecule has 2 heteroatoms. The summed E-state index contributed by atoms with van der Waals surface area (Å²) < 4.78 is 0. The van der Waals surface area contributed by atoms with Crippen LogP contribution in [0.4, 0.5) is 0 Å². The van der Waals surface area contributed by atoms with E-state index in [1.54, 1.807) is 0 Å². The van der Waals surface area contributed by atoms with Gasteiger partial charge in [0.1, 0.15) is 5.15 Å². The van der Waals surface area contributed by atoms with Gasteiger partial charge >= 0.3 is 0 Å². The number of pyridine rings is 1. The lowest BCUT2D eigenvalue weighted by molar-refractivity contribution is 1.14. The molecule has 13 heavy (non-hydrogen) atoms. The lowest BCUT2D eigenvalue weighted by Gasteiger charge is -2.02. The second-order valence-corrected chi connectivity index (χ2v) is 3.36. The van der Waals surface area contributed by atoms with Gasteiger partial charge in [0.25, 0.3) is 0 Å². The van der Waals surface area contributed by atoms with Crippen LogP contribution in [0.2, 0.25) is 5.15 Å². The van der Waals surface area contributed by atoms with Crippen LogP contribution < -0.4 is 0 Å². The maximum Gasteiger partial charge on any atom is 0.129 e. The summed E-state index contributed by atoms with van der Waals surface area (Å²) >= 11 is 5.84. The van der Waals surface area contributed by atoms with E-state index >= 15 is 0 Å². The van der Waals surface area contributed by atoms with E-state index in [1.165, 1.54) is 5.56 Å². The molecule has 0 radical (unpaired) electrons. The van der Waals surface area contributed by atoms with Crippen molar-refractivity contribution in [3.8, 4) is 0 Å². The molecular formula is C11H10ClN. The highest BCUT2D eigenvalue weighted by Gasteiger charge is 2.00. The van der Waals surface area contributed by atoms with E-state index in [1.807, 2.05) is 12.1 Å². The molecule has 1 aromatic heterocycles. The molecule has 66 valence electrons. The average molecular weight is 192 g/mol. The highest BCUT2D eigenvalue weighted by molar-refractivity contribution is 6.29. The van der Waals surface area contributed by atoms with Gasteiger partial charge in [-0.05, 0) is 24.1 Å². The summed E-state index contributed by atoms with van der Waals surface area (Å²) in [5, 5.41) is 1.72. The van der Waals surface area contributed by atoms with Crippen LogP contribution in [-0.2, 0) is 6.42 Å². The SMILES string of the molecule is CCc1cccc2ccc(Cl)nc12. The summed E-state index contributed by atoms with van der Waals surface area (Å²) in [6.45, 7) is 2.12. The summed E-state index contributed by atoms with van der Waals surface area (Å²) in [5.74, 6) is 0. The van der Waals surface area contributed by atoms with Gasteiger partial charge in [0.05, 0.1) is 5.52 Å². The Labute approximate surface area is 82.4 Å². The van der Waals surface area contributed by atoms with E-state index in [-0.39, 0.29) is 0 Å². The zero-order chi connectivity index (χ0) is 9.26. The molecule has 0 saturated heterocycles. The van der Waals surface area contributed by atoms with Crippen LogP contribution in [-0.4, -0.2) is 4.98 Å². The Kier molecular flexibility index (Phi) is 2.19. The van der Waals surface area contributed by atoms with Crippen molar-refractivity contribution >= 4 is 22.5 Å². The fourth-order valence-electron chi connectivity index (χ4n) is 1.47. The molecule has 0 amide bonds. The minimum Gasteiger partial charge on any atom is -0.236 e. The van der Waals surface area contributed by atoms with Gasteiger partial charge in [-0.15, -0.1) is 0 Å². The van der Waals surface area contributed by atoms with Crippen molar-refractivity contribution in [2.75, 3.05) is 0 Å². The number of fused-ring (bicyclic) bond motifs is 1. The number of hydrogen-bond acceptors (Lipinski definition) is 1. The Hall–Kier alpha value is -1.08. The standard InChI is InChI=1S/C11H10ClN/c1-2-8-4-3-5-9-6-7-10(12)13-11(8)9/h3-7H,2H2,1H3. The molecule has 1 heterocycles. The number of rotatable bonds is 1. The van der Waals surface area contributed by atoms with E-state index in [9.17, 15) is 0 Å². The minimum absolute atomic E-state index is 0.563. The molecule has 0 aliphatic rings. The number of para-hydroxylation sites is 1. The first-order valence-corrected chi connectivity index (χ1v) is 4.73. The van der Waals surface area contributed by atoms with E-state index in [0.717, 1.165) is 17.3 Å². The first-order chi connectivity index (χ1) is 6.31.